The molecule has 1 aliphatic rings. The van der Waals surface area contributed by atoms with Gasteiger partial charge in [-0.15, -0.1) is 0 Å². The van der Waals surface area contributed by atoms with E-state index in [1.54, 1.807) is 0 Å². The zero-order chi connectivity index (χ0) is 16.6. The highest BCUT2D eigenvalue weighted by Crippen LogP contribution is 2.37. The predicted octanol–water partition coefficient (Wildman–Crippen LogP) is 3.47. The maximum Gasteiger partial charge on any atom is 0.192 e. The van der Waals surface area contributed by atoms with Crippen LogP contribution in [0.4, 0.5) is 0 Å². The quantitative estimate of drug-likeness (QED) is 0.623. The largest absolute Gasteiger partial charge is 0.414 e. The molecule has 1 rings (SSSR count). The number of hydrogen-bond acceptors (Lipinski definition) is 4. The van der Waals surface area contributed by atoms with Crippen molar-refractivity contribution in [3.05, 3.63) is 12.2 Å². The van der Waals surface area contributed by atoms with E-state index in [-0.39, 0.29) is 17.7 Å². The Morgan fingerprint density at radius 1 is 1.33 bits per heavy atom. The fraction of sp³-hybridized carbons (Fsp3) is 0.875. The van der Waals surface area contributed by atoms with E-state index >= 15 is 0 Å². The summed E-state index contributed by atoms with van der Waals surface area (Å²) in [4.78, 5) is 0. The molecule has 0 unspecified atom stereocenters. The molecule has 1 aliphatic heterocycles. The Morgan fingerprint density at radius 3 is 2.29 bits per heavy atom. The van der Waals surface area contributed by atoms with Crippen LogP contribution in [-0.4, -0.2) is 44.1 Å². The molecule has 21 heavy (non-hydrogen) atoms. The summed E-state index contributed by atoms with van der Waals surface area (Å²) in [5.41, 5.74) is 0.858. The van der Waals surface area contributed by atoms with Gasteiger partial charge in [0.05, 0.1) is 6.61 Å². The lowest BCUT2D eigenvalue weighted by molar-refractivity contribution is -0.155. The number of aliphatic hydroxyl groups excluding tert-OH is 1. The van der Waals surface area contributed by atoms with Crippen LogP contribution in [0.3, 0.4) is 0 Å². The molecule has 1 heterocycles. The second-order valence-corrected chi connectivity index (χ2v) is 12.8. The number of aliphatic hydroxyl groups is 1. The Labute approximate surface area is 130 Å². The van der Waals surface area contributed by atoms with Gasteiger partial charge in [-0.25, -0.2) is 0 Å². The highest BCUT2D eigenvalue weighted by molar-refractivity contribution is 6.74. The van der Waals surface area contributed by atoms with Crippen molar-refractivity contribution in [2.75, 3.05) is 6.61 Å². The Bertz CT molecular complexity index is 384. The Kier molecular flexibility index (Phi) is 5.50. The lowest BCUT2D eigenvalue weighted by Gasteiger charge is -2.37. The summed E-state index contributed by atoms with van der Waals surface area (Å²) in [5.74, 6) is -0.702. The molecule has 1 N–H and O–H groups in total. The molecule has 4 nitrogen and oxygen atoms in total. The van der Waals surface area contributed by atoms with Gasteiger partial charge >= 0.3 is 0 Å². The molecule has 0 bridgehead atoms. The van der Waals surface area contributed by atoms with Gasteiger partial charge in [0.15, 0.2) is 14.1 Å². The van der Waals surface area contributed by atoms with Gasteiger partial charge in [-0.2, -0.15) is 0 Å². The fourth-order valence-corrected chi connectivity index (χ4v) is 3.08. The molecular formula is C16H32O4Si. The van der Waals surface area contributed by atoms with Crippen LogP contribution in [-0.2, 0) is 13.9 Å². The topological polar surface area (TPSA) is 47.9 Å². The van der Waals surface area contributed by atoms with Gasteiger partial charge < -0.3 is 19.0 Å². The van der Waals surface area contributed by atoms with E-state index in [1.165, 1.54) is 0 Å². The lowest BCUT2D eigenvalue weighted by Crippen LogP contribution is -2.46. The van der Waals surface area contributed by atoms with Gasteiger partial charge in [-0.1, -0.05) is 27.4 Å². The third kappa shape index (κ3) is 4.63. The van der Waals surface area contributed by atoms with Crippen molar-refractivity contribution in [1.82, 2.24) is 0 Å². The number of rotatable bonds is 5. The summed E-state index contributed by atoms with van der Waals surface area (Å²) < 4.78 is 17.7. The first-order valence-corrected chi connectivity index (χ1v) is 10.5. The van der Waals surface area contributed by atoms with Crippen LogP contribution in [0.1, 0.15) is 41.5 Å². The maximum atomic E-state index is 10.5. The van der Waals surface area contributed by atoms with Gasteiger partial charge in [0.1, 0.15) is 18.3 Å². The van der Waals surface area contributed by atoms with Crippen LogP contribution >= 0.6 is 0 Å². The van der Waals surface area contributed by atoms with E-state index in [0.717, 1.165) is 5.57 Å². The minimum atomic E-state index is -1.88. The van der Waals surface area contributed by atoms with Gasteiger partial charge in [-0.3, -0.25) is 0 Å². The van der Waals surface area contributed by atoms with Crippen molar-refractivity contribution in [3.8, 4) is 0 Å². The van der Waals surface area contributed by atoms with Crippen LogP contribution in [0.5, 0.6) is 0 Å². The second-order valence-electron chi connectivity index (χ2n) is 8.01. The van der Waals surface area contributed by atoms with Gasteiger partial charge in [0.25, 0.3) is 0 Å². The summed E-state index contributed by atoms with van der Waals surface area (Å²) >= 11 is 0. The van der Waals surface area contributed by atoms with E-state index in [2.05, 4.69) is 40.4 Å². The first kappa shape index (κ1) is 18.8. The van der Waals surface area contributed by atoms with Crippen LogP contribution in [0, 0.1) is 0 Å². The standard InChI is InChI=1S/C16H32O4Si/c1-11(2)13-14(20-16(6,7)19-13)12(17)10-18-21(8,9)15(3,4)5/h12-14,17H,1,10H2,2-9H3/t12-,13-,14-/m1/s1. The van der Waals surface area contributed by atoms with E-state index in [9.17, 15) is 5.11 Å². The van der Waals surface area contributed by atoms with Crippen molar-refractivity contribution < 1.29 is 19.0 Å². The Morgan fingerprint density at radius 2 is 1.86 bits per heavy atom. The molecule has 1 saturated heterocycles. The van der Waals surface area contributed by atoms with Crippen LogP contribution in [0.25, 0.3) is 0 Å². The molecular weight excluding hydrogens is 284 g/mol. The fourth-order valence-electron chi connectivity index (χ4n) is 2.06. The van der Waals surface area contributed by atoms with Gasteiger partial charge in [0.2, 0.25) is 0 Å². The molecule has 0 aromatic heterocycles. The molecule has 0 aromatic carbocycles. The van der Waals surface area contributed by atoms with Gasteiger partial charge in [0, 0.05) is 0 Å². The van der Waals surface area contributed by atoms with Crippen molar-refractivity contribution in [3.63, 3.8) is 0 Å². The summed E-state index contributed by atoms with van der Waals surface area (Å²) in [5, 5.41) is 10.6. The average Bonchev–Trinajstić information content (AvgIpc) is 2.61. The first-order chi connectivity index (χ1) is 9.27. The zero-order valence-electron chi connectivity index (χ0n) is 14.8. The minimum Gasteiger partial charge on any atom is -0.414 e. The van der Waals surface area contributed by atoms with Crippen molar-refractivity contribution in [2.24, 2.45) is 0 Å². The summed E-state index contributed by atoms with van der Waals surface area (Å²) in [7, 11) is -1.88. The summed E-state index contributed by atoms with van der Waals surface area (Å²) in [6, 6.07) is 0. The van der Waals surface area contributed by atoms with Crippen molar-refractivity contribution >= 4 is 8.32 Å². The summed E-state index contributed by atoms with van der Waals surface area (Å²) in [6.07, 6.45) is -1.44. The monoisotopic (exact) mass is 316 g/mol. The normalized spacial score (nSPS) is 27.7. The molecule has 1 fully saturated rings. The van der Waals surface area contributed by atoms with E-state index in [1.807, 2.05) is 20.8 Å². The molecule has 5 heteroatoms. The highest BCUT2D eigenvalue weighted by Gasteiger charge is 2.46. The van der Waals surface area contributed by atoms with Crippen LogP contribution < -0.4 is 0 Å². The number of ether oxygens (including phenoxy) is 2. The first-order valence-electron chi connectivity index (χ1n) is 7.60. The molecule has 0 spiro atoms. The molecule has 124 valence electrons. The SMILES string of the molecule is C=C(C)[C@H]1OC(C)(C)O[C@@H]1[C@H](O)CO[Si](C)(C)C(C)(C)C. The van der Waals surface area contributed by atoms with Gasteiger partial charge in [-0.05, 0) is 44.5 Å². The molecule has 0 amide bonds. The average molecular weight is 317 g/mol. The van der Waals surface area contributed by atoms with E-state index in [0.29, 0.717) is 0 Å². The molecule has 0 aliphatic carbocycles. The maximum absolute atomic E-state index is 10.5. The van der Waals surface area contributed by atoms with Crippen molar-refractivity contribution in [1.29, 1.82) is 0 Å². The second kappa shape index (κ2) is 6.12. The highest BCUT2D eigenvalue weighted by atomic mass is 28.4. The number of hydrogen-bond donors (Lipinski definition) is 1. The molecule has 3 atom stereocenters. The Hall–Kier alpha value is -0.203. The molecule has 0 aromatic rings. The lowest BCUT2D eigenvalue weighted by atomic mass is 10.0. The Balaban J connectivity index is 2.71. The van der Waals surface area contributed by atoms with Crippen molar-refractivity contribution in [2.45, 2.75) is 83.8 Å². The van der Waals surface area contributed by atoms with Crippen LogP contribution in [0.2, 0.25) is 18.1 Å². The summed E-state index contributed by atoms with van der Waals surface area (Å²) in [6.45, 7) is 20.7. The smallest absolute Gasteiger partial charge is 0.192 e. The zero-order valence-corrected chi connectivity index (χ0v) is 15.8. The third-order valence-electron chi connectivity index (χ3n) is 4.42. The molecule has 0 radical (unpaired) electrons. The van der Waals surface area contributed by atoms with E-state index in [4.69, 9.17) is 13.9 Å². The van der Waals surface area contributed by atoms with E-state index < -0.39 is 26.3 Å². The minimum absolute atomic E-state index is 0.118. The predicted molar refractivity (Wildman–Crippen MR) is 87.8 cm³/mol. The third-order valence-corrected chi connectivity index (χ3v) is 8.92. The molecule has 0 saturated carbocycles. The van der Waals surface area contributed by atoms with Crippen LogP contribution in [0.15, 0.2) is 12.2 Å².